The van der Waals surface area contributed by atoms with Crippen molar-refractivity contribution in [2.75, 3.05) is 52.6 Å². The molecule has 0 N–H and O–H groups in total. The maximum absolute atomic E-state index is 14.3. The third kappa shape index (κ3) is 7.94. The van der Waals surface area contributed by atoms with Crippen LogP contribution in [0.4, 0.5) is 0 Å². The second-order valence-electron chi connectivity index (χ2n) is 12.9. The van der Waals surface area contributed by atoms with Crippen LogP contribution in [0.2, 0.25) is 0 Å². The lowest BCUT2D eigenvalue weighted by molar-refractivity contribution is -0.135. The van der Waals surface area contributed by atoms with Crippen molar-refractivity contribution in [3.8, 4) is 34.3 Å². The summed E-state index contributed by atoms with van der Waals surface area (Å²) in [6, 6.07) is 20.4. The third-order valence-electron chi connectivity index (χ3n) is 9.68. The molecule has 1 fully saturated rings. The molecule has 0 spiro atoms. The highest BCUT2D eigenvalue weighted by molar-refractivity contribution is 5.79. The lowest BCUT2D eigenvalue weighted by Gasteiger charge is -2.40. The summed E-state index contributed by atoms with van der Waals surface area (Å²) in [5.41, 5.74) is 5.37. The Labute approximate surface area is 296 Å². The van der Waals surface area contributed by atoms with Gasteiger partial charge in [0.25, 0.3) is 0 Å². The molecule has 3 aromatic carbocycles. The summed E-state index contributed by atoms with van der Waals surface area (Å²) < 4.78 is 30.0. The molecule has 2 aliphatic rings. The Kier molecular flexibility index (Phi) is 11.6. The van der Waals surface area contributed by atoms with Gasteiger partial charge in [-0.1, -0.05) is 36.4 Å². The van der Waals surface area contributed by atoms with Crippen LogP contribution in [0.15, 0.2) is 65.1 Å². The van der Waals surface area contributed by atoms with Crippen molar-refractivity contribution in [2.24, 2.45) is 0 Å². The molecule has 50 heavy (non-hydrogen) atoms. The minimum atomic E-state index is -0.169. The van der Waals surface area contributed by atoms with Crippen LogP contribution in [0, 0.1) is 6.92 Å². The smallest absolute Gasteiger partial charge is 0.237 e. The van der Waals surface area contributed by atoms with E-state index in [2.05, 4.69) is 46.2 Å². The average Bonchev–Trinajstić information content (AvgIpc) is 3.52. The van der Waals surface area contributed by atoms with Gasteiger partial charge in [0.05, 0.1) is 39.0 Å². The Balaban J connectivity index is 1.21. The van der Waals surface area contributed by atoms with Crippen molar-refractivity contribution in [3.63, 3.8) is 0 Å². The van der Waals surface area contributed by atoms with Gasteiger partial charge >= 0.3 is 0 Å². The number of ether oxygens (including phenoxy) is 4. The molecule has 1 amide bonds. The third-order valence-corrected chi connectivity index (χ3v) is 9.68. The first kappa shape index (κ1) is 35.3. The van der Waals surface area contributed by atoms with Crippen molar-refractivity contribution in [1.82, 2.24) is 14.8 Å². The van der Waals surface area contributed by atoms with Gasteiger partial charge in [-0.25, -0.2) is 4.98 Å². The van der Waals surface area contributed by atoms with Gasteiger partial charge in [0.2, 0.25) is 5.91 Å². The van der Waals surface area contributed by atoms with Crippen LogP contribution in [0.1, 0.15) is 80.8 Å². The molecule has 1 atom stereocenters. The number of aryl methyl sites for hydroxylation is 1. The van der Waals surface area contributed by atoms with Crippen molar-refractivity contribution >= 4 is 5.91 Å². The van der Waals surface area contributed by atoms with E-state index in [9.17, 15) is 4.79 Å². The highest BCUT2D eigenvalue weighted by Gasteiger charge is 2.34. The summed E-state index contributed by atoms with van der Waals surface area (Å²) in [4.78, 5) is 23.5. The summed E-state index contributed by atoms with van der Waals surface area (Å²) in [5.74, 6) is 4.96. The molecule has 2 aliphatic heterocycles. The monoisotopic (exact) mass is 681 g/mol. The van der Waals surface area contributed by atoms with E-state index in [-0.39, 0.29) is 17.9 Å². The first-order valence-corrected chi connectivity index (χ1v) is 18.3. The minimum absolute atomic E-state index is 0.139. The maximum Gasteiger partial charge on any atom is 0.237 e. The molecule has 0 bridgehead atoms. The molecular formula is C41H51N3O6. The average molecular weight is 682 g/mol. The summed E-state index contributed by atoms with van der Waals surface area (Å²) in [6.07, 6.45) is 3.20. The first-order valence-electron chi connectivity index (χ1n) is 18.3. The number of amides is 1. The van der Waals surface area contributed by atoms with Crippen molar-refractivity contribution in [1.29, 1.82) is 0 Å². The molecule has 3 heterocycles. The van der Waals surface area contributed by atoms with Gasteiger partial charge < -0.3 is 28.3 Å². The fraction of sp³-hybridized carbons (Fsp3) is 0.463. The lowest BCUT2D eigenvalue weighted by Crippen LogP contribution is -2.47. The number of fused-ring (bicyclic) bond motifs is 1. The van der Waals surface area contributed by atoms with E-state index in [1.54, 1.807) is 0 Å². The molecule has 0 radical (unpaired) electrons. The van der Waals surface area contributed by atoms with Crippen LogP contribution in [0.3, 0.4) is 0 Å². The number of piperidine rings is 1. The van der Waals surface area contributed by atoms with E-state index >= 15 is 0 Å². The van der Waals surface area contributed by atoms with Crippen molar-refractivity contribution in [3.05, 3.63) is 89.0 Å². The van der Waals surface area contributed by atoms with Crippen LogP contribution in [0.25, 0.3) is 11.3 Å². The summed E-state index contributed by atoms with van der Waals surface area (Å²) in [5, 5.41) is 0. The van der Waals surface area contributed by atoms with Crippen LogP contribution in [-0.2, 0) is 17.6 Å². The molecule has 1 unspecified atom stereocenters. The number of carbonyl (C=O) groups excluding carboxylic acids is 1. The van der Waals surface area contributed by atoms with E-state index in [4.69, 9.17) is 28.3 Å². The molecule has 6 rings (SSSR count). The van der Waals surface area contributed by atoms with Gasteiger partial charge in [-0.15, -0.1) is 0 Å². The van der Waals surface area contributed by atoms with E-state index in [1.807, 2.05) is 58.9 Å². The largest absolute Gasteiger partial charge is 0.490 e. The standard InChI is InChI=1S/C41H51N3O6/c1-6-46-35-16-15-29(24-36(35)47-7-2)23-34-33-26-38(49-9-4)37(48-8-3)25-32(33)19-22-44(34)39(45)27-43-20-17-31(18-21-43)41-42-40(28(5)50-41)30-13-11-10-12-14-30/h10-16,24-26,31,34H,6-9,17-23,27H2,1-5H3. The number of benzene rings is 3. The molecule has 9 heteroatoms. The number of hydrogen-bond acceptors (Lipinski definition) is 8. The number of likely N-dealkylation sites (tertiary alicyclic amines) is 1. The van der Waals surface area contributed by atoms with E-state index in [0.717, 1.165) is 83.6 Å². The predicted molar refractivity (Wildman–Crippen MR) is 195 cm³/mol. The van der Waals surface area contributed by atoms with E-state index in [1.165, 1.54) is 5.56 Å². The van der Waals surface area contributed by atoms with Gasteiger partial charge in [0, 0.05) is 18.0 Å². The zero-order chi connectivity index (χ0) is 35.0. The van der Waals surface area contributed by atoms with Gasteiger partial charge in [-0.05, 0) is 114 Å². The van der Waals surface area contributed by atoms with Crippen LogP contribution < -0.4 is 18.9 Å². The molecule has 1 saturated heterocycles. The van der Waals surface area contributed by atoms with E-state index < -0.39 is 0 Å². The number of oxazole rings is 1. The normalized spacial score (nSPS) is 16.6. The molecule has 266 valence electrons. The fourth-order valence-electron chi connectivity index (χ4n) is 7.29. The topological polar surface area (TPSA) is 86.5 Å². The maximum atomic E-state index is 14.3. The molecule has 0 saturated carbocycles. The predicted octanol–water partition coefficient (Wildman–Crippen LogP) is 7.79. The highest BCUT2D eigenvalue weighted by Crippen LogP contribution is 2.41. The van der Waals surface area contributed by atoms with Crippen LogP contribution >= 0.6 is 0 Å². The summed E-state index contributed by atoms with van der Waals surface area (Å²) in [6.45, 7) is 14.7. The van der Waals surface area contributed by atoms with Crippen molar-refractivity contribution in [2.45, 2.75) is 72.3 Å². The van der Waals surface area contributed by atoms with Gasteiger partial charge in [0.1, 0.15) is 11.5 Å². The Morgan fingerprint density at radius 3 is 2.12 bits per heavy atom. The Hall–Kier alpha value is -4.50. The second kappa shape index (κ2) is 16.5. The number of carbonyl (C=O) groups is 1. The van der Waals surface area contributed by atoms with Crippen LogP contribution in [0.5, 0.6) is 23.0 Å². The quantitative estimate of drug-likeness (QED) is 0.133. The number of rotatable bonds is 14. The van der Waals surface area contributed by atoms with E-state index in [0.29, 0.717) is 51.7 Å². The van der Waals surface area contributed by atoms with Crippen molar-refractivity contribution < 1.29 is 28.2 Å². The molecule has 1 aromatic heterocycles. The zero-order valence-corrected chi connectivity index (χ0v) is 30.2. The summed E-state index contributed by atoms with van der Waals surface area (Å²) in [7, 11) is 0. The Morgan fingerprint density at radius 2 is 1.44 bits per heavy atom. The molecule has 4 aromatic rings. The first-order chi connectivity index (χ1) is 24.4. The Morgan fingerprint density at radius 1 is 0.800 bits per heavy atom. The molecular weight excluding hydrogens is 630 g/mol. The lowest BCUT2D eigenvalue weighted by atomic mass is 9.87. The number of nitrogens with zero attached hydrogens (tertiary/aromatic N) is 3. The zero-order valence-electron chi connectivity index (χ0n) is 30.2. The molecule has 9 nitrogen and oxygen atoms in total. The fourth-order valence-corrected chi connectivity index (χ4v) is 7.29. The number of hydrogen-bond donors (Lipinski definition) is 0. The van der Waals surface area contributed by atoms with Gasteiger partial charge in [0.15, 0.2) is 28.9 Å². The van der Waals surface area contributed by atoms with Gasteiger partial charge in [-0.2, -0.15) is 0 Å². The second-order valence-corrected chi connectivity index (χ2v) is 12.9. The van der Waals surface area contributed by atoms with Crippen LogP contribution in [-0.4, -0.2) is 73.3 Å². The highest BCUT2D eigenvalue weighted by atomic mass is 16.5. The molecule has 0 aliphatic carbocycles. The van der Waals surface area contributed by atoms with Gasteiger partial charge in [-0.3, -0.25) is 9.69 Å². The summed E-state index contributed by atoms with van der Waals surface area (Å²) >= 11 is 0. The minimum Gasteiger partial charge on any atom is -0.490 e. The number of aromatic nitrogens is 1. The SMILES string of the molecule is CCOc1ccc(CC2c3cc(OCC)c(OCC)cc3CCN2C(=O)CN2CCC(c3nc(-c4ccccc4)c(C)o3)CC2)cc1OCC. The Bertz CT molecular complexity index is 1730.